The summed E-state index contributed by atoms with van der Waals surface area (Å²) in [6, 6.07) is 6.43. The third-order valence-electron chi connectivity index (χ3n) is 3.39. The molecule has 1 unspecified atom stereocenters. The van der Waals surface area contributed by atoms with Crippen molar-refractivity contribution in [3.8, 4) is 5.75 Å². The average Bonchev–Trinajstić information content (AvgIpc) is 3.08. The van der Waals surface area contributed by atoms with Crippen LogP contribution in [0, 0.1) is 5.92 Å². The molecule has 1 aromatic carbocycles. The van der Waals surface area contributed by atoms with Gasteiger partial charge in [0.05, 0.1) is 0 Å². The van der Waals surface area contributed by atoms with Crippen molar-refractivity contribution in [2.75, 3.05) is 11.4 Å². The Morgan fingerprint density at radius 2 is 2.00 bits per heavy atom. The van der Waals surface area contributed by atoms with Crippen LogP contribution >= 0.6 is 0 Å². The quantitative estimate of drug-likeness (QED) is 0.842. The summed E-state index contributed by atoms with van der Waals surface area (Å²) in [5.74, 6) is 0.942. The smallest absolute Gasteiger partial charge is 0.122 e. The van der Waals surface area contributed by atoms with E-state index in [1.807, 2.05) is 19.1 Å². The minimum absolute atomic E-state index is 0.126. The van der Waals surface area contributed by atoms with E-state index in [4.69, 9.17) is 5.73 Å². The van der Waals surface area contributed by atoms with Crippen molar-refractivity contribution in [1.29, 1.82) is 0 Å². The molecule has 1 aliphatic carbocycles. The highest BCUT2D eigenvalue weighted by molar-refractivity contribution is 5.55. The molecule has 0 radical (unpaired) electrons. The first-order chi connectivity index (χ1) is 8.49. The highest BCUT2D eigenvalue weighted by atomic mass is 16.3. The zero-order valence-corrected chi connectivity index (χ0v) is 11.6. The molecular weight excluding hydrogens is 224 g/mol. The Labute approximate surface area is 110 Å². The van der Waals surface area contributed by atoms with E-state index in [0.717, 1.165) is 17.8 Å². The number of rotatable bonds is 5. The van der Waals surface area contributed by atoms with Gasteiger partial charge in [0.1, 0.15) is 5.75 Å². The second-order valence-corrected chi connectivity index (χ2v) is 5.81. The average molecular weight is 248 g/mol. The van der Waals surface area contributed by atoms with E-state index in [9.17, 15) is 5.11 Å². The molecule has 0 bridgehead atoms. The third-order valence-corrected chi connectivity index (χ3v) is 3.39. The summed E-state index contributed by atoms with van der Waals surface area (Å²) in [5, 5.41) is 10.0. The van der Waals surface area contributed by atoms with Crippen molar-refractivity contribution >= 4 is 5.69 Å². The van der Waals surface area contributed by atoms with Gasteiger partial charge in [-0.25, -0.2) is 0 Å². The zero-order valence-electron chi connectivity index (χ0n) is 11.6. The highest BCUT2D eigenvalue weighted by Crippen LogP contribution is 2.35. The molecule has 0 aromatic heterocycles. The molecule has 1 fully saturated rings. The summed E-state index contributed by atoms with van der Waals surface area (Å²) in [6.45, 7) is 7.39. The predicted octanol–water partition coefficient (Wildman–Crippen LogP) is 3.04. The zero-order chi connectivity index (χ0) is 13.3. The number of phenolic OH excluding ortho intramolecular Hbond substituents is 1. The molecule has 1 saturated carbocycles. The number of hydrogen-bond donors (Lipinski definition) is 2. The molecule has 1 atom stereocenters. The lowest BCUT2D eigenvalue weighted by Crippen LogP contribution is -2.29. The molecule has 0 aliphatic heterocycles. The van der Waals surface area contributed by atoms with Gasteiger partial charge in [0.2, 0.25) is 0 Å². The van der Waals surface area contributed by atoms with E-state index in [0.29, 0.717) is 17.7 Å². The molecule has 1 aliphatic rings. The monoisotopic (exact) mass is 248 g/mol. The number of phenols is 1. The Morgan fingerprint density at radius 3 is 2.44 bits per heavy atom. The molecule has 3 N–H and O–H groups in total. The van der Waals surface area contributed by atoms with Crippen LogP contribution in [0.25, 0.3) is 0 Å². The molecule has 100 valence electrons. The first-order valence-corrected chi connectivity index (χ1v) is 6.84. The van der Waals surface area contributed by atoms with Crippen LogP contribution < -0.4 is 10.6 Å². The minimum Gasteiger partial charge on any atom is -0.508 e. The number of benzene rings is 1. The van der Waals surface area contributed by atoms with E-state index in [1.165, 1.54) is 12.8 Å². The molecule has 0 heterocycles. The molecule has 0 amide bonds. The van der Waals surface area contributed by atoms with Gasteiger partial charge in [-0.2, -0.15) is 0 Å². The molecule has 0 saturated heterocycles. The number of nitrogens with zero attached hydrogens (tertiary/aromatic N) is 1. The van der Waals surface area contributed by atoms with Crippen LogP contribution in [0.5, 0.6) is 5.75 Å². The van der Waals surface area contributed by atoms with Crippen molar-refractivity contribution in [2.45, 2.75) is 45.7 Å². The molecule has 3 nitrogen and oxygen atoms in total. The number of hydrogen-bond acceptors (Lipinski definition) is 3. The molecular formula is C15H24N2O. The lowest BCUT2D eigenvalue weighted by molar-refractivity contribution is 0.463. The SMILES string of the molecule is CC(C)CN(c1ccc(C(C)N)c(O)c1)C1CC1. The van der Waals surface area contributed by atoms with Crippen LogP contribution in [0.2, 0.25) is 0 Å². The van der Waals surface area contributed by atoms with Crippen LogP contribution in [0.4, 0.5) is 5.69 Å². The van der Waals surface area contributed by atoms with Crippen molar-refractivity contribution in [3.05, 3.63) is 23.8 Å². The van der Waals surface area contributed by atoms with Crippen LogP contribution in [0.15, 0.2) is 18.2 Å². The van der Waals surface area contributed by atoms with Gasteiger partial charge in [-0.15, -0.1) is 0 Å². The lowest BCUT2D eigenvalue weighted by atomic mass is 10.1. The van der Waals surface area contributed by atoms with Gasteiger partial charge in [-0.05, 0) is 31.7 Å². The Balaban J connectivity index is 2.22. The second kappa shape index (κ2) is 5.19. The summed E-state index contributed by atoms with van der Waals surface area (Å²) >= 11 is 0. The molecule has 1 aromatic rings. The number of anilines is 1. The maximum Gasteiger partial charge on any atom is 0.122 e. The van der Waals surface area contributed by atoms with Gasteiger partial charge < -0.3 is 15.7 Å². The van der Waals surface area contributed by atoms with Crippen LogP contribution in [-0.2, 0) is 0 Å². The largest absolute Gasteiger partial charge is 0.508 e. The van der Waals surface area contributed by atoms with Crippen molar-refractivity contribution in [2.24, 2.45) is 11.7 Å². The fourth-order valence-electron chi connectivity index (χ4n) is 2.34. The number of nitrogens with two attached hydrogens (primary N) is 1. The fraction of sp³-hybridized carbons (Fsp3) is 0.600. The molecule has 0 spiro atoms. The van der Waals surface area contributed by atoms with Gasteiger partial charge in [0.25, 0.3) is 0 Å². The summed E-state index contributed by atoms with van der Waals surface area (Å²) in [4.78, 5) is 2.41. The summed E-state index contributed by atoms with van der Waals surface area (Å²) in [7, 11) is 0. The Hall–Kier alpha value is -1.22. The van der Waals surface area contributed by atoms with Gasteiger partial charge in [-0.3, -0.25) is 0 Å². The van der Waals surface area contributed by atoms with E-state index in [2.05, 4.69) is 24.8 Å². The Morgan fingerprint density at radius 1 is 1.33 bits per heavy atom. The highest BCUT2D eigenvalue weighted by Gasteiger charge is 2.29. The summed E-state index contributed by atoms with van der Waals surface area (Å²) in [6.07, 6.45) is 2.53. The van der Waals surface area contributed by atoms with Crippen LogP contribution in [0.3, 0.4) is 0 Å². The molecule has 3 heteroatoms. The predicted molar refractivity (Wildman–Crippen MR) is 75.9 cm³/mol. The van der Waals surface area contributed by atoms with E-state index in [-0.39, 0.29) is 6.04 Å². The fourth-order valence-corrected chi connectivity index (χ4v) is 2.34. The topological polar surface area (TPSA) is 49.5 Å². The standard InChI is InChI=1S/C15H24N2O/c1-10(2)9-17(12-4-5-12)13-6-7-14(11(3)16)15(18)8-13/h6-8,10-12,18H,4-5,9,16H2,1-3H3. The van der Waals surface area contributed by atoms with Crippen molar-refractivity contribution in [3.63, 3.8) is 0 Å². The lowest BCUT2D eigenvalue weighted by Gasteiger charge is -2.27. The molecule has 18 heavy (non-hydrogen) atoms. The van der Waals surface area contributed by atoms with Crippen molar-refractivity contribution in [1.82, 2.24) is 0 Å². The summed E-state index contributed by atoms with van der Waals surface area (Å²) < 4.78 is 0. The maximum absolute atomic E-state index is 10.0. The first-order valence-electron chi connectivity index (χ1n) is 6.84. The van der Waals surface area contributed by atoms with Crippen molar-refractivity contribution < 1.29 is 5.11 Å². The third kappa shape index (κ3) is 2.96. The van der Waals surface area contributed by atoms with Crippen LogP contribution in [0.1, 0.15) is 45.2 Å². The number of aromatic hydroxyl groups is 1. The van der Waals surface area contributed by atoms with E-state index in [1.54, 1.807) is 0 Å². The maximum atomic E-state index is 10.0. The summed E-state index contributed by atoms with van der Waals surface area (Å²) in [5.41, 5.74) is 7.76. The first kappa shape index (κ1) is 13.2. The van der Waals surface area contributed by atoms with Gasteiger partial charge in [0.15, 0.2) is 0 Å². The Bertz CT molecular complexity index is 411. The molecule has 2 rings (SSSR count). The second-order valence-electron chi connectivity index (χ2n) is 5.81. The Kier molecular flexibility index (Phi) is 3.81. The van der Waals surface area contributed by atoms with Gasteiger partial charge in [-0.1, -0.05) is 19.9 Å². The van der Waals surface area contributed by atoms with E-state index < -0.39 is 0 Å². The minimum atomic E-state index is -0.126. The normalized spacial score (nSPS) is 16.9. The van der Waals surface area contributed by atoms with Gasteiger partial charge >= 0.3 is 0 Å². The van der Waals surface area contributed by atoms with Crippen LogP contribution in [-0.4, -0.2) is 17.7 Å². The van der Waals surface area contributed by atoms with Gasteiger partial charge in [0, 0.05) is 35.9 Å². The van der Waals surface area contributed by atoms with E-state index >= 15 is 0 Å².